The van der Waals surface area contributed by atoms with Gasteiger partial charge in [-0.15, -0.1) is 0 Å². The quantitative estimate of drug-likeness (QED) is 0.459. The topological polar surface area (TPSA) is 47.1 Å². The summed E-state index contributed by atoms with van der Waals surface area (Å²) in [6, 6.07) is 0.240. The van der Waals surface area contributed by atoms with Crippen molar-refractivity contribution in [2.24, 2.45) is 0 Å². The van der Waals surface area contributed by atoms with Crippen LogP contribution in [0.5, 0.6) is 0 Å². The van der Waals surface area contributed by atoms with Crippen molar-refractivity contribution in [3.8, 4) is 0 Å². The second-order valence-electron chi connectivity index (χ2n) is 6.37. The van der Waals surface area contributed by atoms with Gasteiger partial charge in [-0.2, -0.15) is 0 Å². The smallest absolute Gasteiger partial charge is 0.186 e. The molecule has 0 saturated heterocycles. The predicted octanol–water partition coefficient (Wildman–Crippen LogP) is 4.78. The number of carbonyl (C=O) groups is 1. The van der Waals surface area contributed by atoms with E-state index in [2.05, 4.69) is 27.7 Å². The Morgan fingerprint density at radius 1 is 0.810 bits per heavy atom. The first-order valence-corrected chi connectivity index (χ1v) is 8.94. The number of unbranched alkanes of at least 4 members (excludes halogenated alkanes) is 3. The van der Waals surface area contributed by atoms with Crippen LogP contribution in [0, 0.1) is 0 Å². The molecule has 21 heavy (non-hydrogen) atoms. The summed E-state index contributed by atoms with van der Waals surface area (Å²) in [4.78, 5) is 12.3. The lowest BCUT2D eigenvalue weighted by Gasteiger charge is -2.44. The third-order valence-electron chi connectivity index (χ3n) is 4.56. The minimum absolute atomic E-state index is 0. The summed E-state index contributed by atoms with van der Waals surface area (Å²) in [6.45, 7) is 14.4. The van der Waals surface area contributed by atoms with Gasteiger partial charge in [-0.05, 0) is 19.3 Å². The second kappa shape index (κ2) is 13.3. The molecule has 0 aliphatic heterocycles. The standard InChI is InChI=1S/C18H38NO.H2O/c1-6-10-14-19(15-11-7-2,16-12-8-3)18(13-9-4)17(5)20;/h18H,6-16H2,1-5H3;1H2/q+1;/p-1. The normalized spacial score (nSPS) is 12.8. The molecule has 3 heteroatoms. The zero-order chi connectivity index (χ0) is 15.4. The molecule has 1 unspecified atom stereocenters. The minimum Gasteiger partial charge on any atom is -0.870 e. The molecular weight excluding hydrogens is 262 g/mol. The van der Waals surface area contributed by atoms with Crippen LogP contribution in [0.15, 0.2) is 0 Å². The highest BCUT2D eigenvalue weighted by molar-refractivity contribution is 5.80. The Morgan fingerprint density at radius 3 is 1.43 bits per heavy atom. The SMILES string of the molecule is CCCC[N+](CCCC)(CCCC)C(CCC)C(C)=O.[OH-]. The van der Waals surface area contributed by atoms with Gasteiger partial charge in [-0.25, -0.2) is 0 Å². The fourth-order valence-corrected chi connectivity index (χ4v) is 3.36. The monoisotopic (exact) mass is 301 g/mol. The maximum atomic E-state index is 12.3. The van der Waals surface area contributed by atoms with Gasteiger partial charge < -0.3 is 9.96 Å². The molecule has 1 atom stereocenters. The van der Waals surface area contributed by atoms with Gasteiger partial charge in [0.1, 0.15) is 6.04 Å². The second-order valence-corrected chi connectivity index (χ2v) is 6.37. The zero-order valence-corrected chi connectivity index (χ0v) is 15.2. The van der Waals surface area contributed by atoms with Gasteiger partial charge in [-0.3, -0.25) is 4.79 Å². The number of nitrogens with zero attached hydrogens (tertiary/aromatic N) is 1. The van der Waals surface area contributed by atoms with Crippen LogP contribution in [0.3, 0.4) is 0 Å². The molecule has 0 rings (SSSR count). The Balaban J connectivity index is 0. The van der Waals surface area contributed by atoms with Crippen LogP contribution in [0.4, 0.5) is 0 Å². The van der Waals surface area contributed by atoms with Crippen molar-refractivity contribution in [1.82, 2.24) is 0 Å². The van der Waals surface area contributed by atoms with Crippen molar-refractivity contribution in [3.63, 3.8) is 0 Å². The number of quaternary nitrogens is 1. The Labute approximate surface area is 133 Å². The molecule has 0 aliphatic rings. The van der Waals surface area contributed by atoms with E-state index in [1.165, 1.54) is 58.2 Å². The number of rotatable bonds is 13. The summed E-state index contributed by atoms with van der Waals surface area (Å²) in [5, 5.41) is 0. The van der Waals surface area contributed by atoms with Gasteiger partial charge in [0.2, 0.25) is 0 Å². The summed E-state index contributed by atoms with van der Waals surface area (Å²) in [6.07, 6.45) is 9.63. The first-order valence-electron chi connectivity index (χ1n) is 8.94. The molecule has 1 N–H and O–H groups in total. The van der Waals surface area contributed by atoms with Gasteiger partial charge in [0.05, 0.1) is 19.6 Å². The molecule has 0 aromatic carbocycles. The maximum absolute atomic E-state index is 12.3. The van der Waals surface area contributed by atoms with Crippen LogP contribution in [0.2, 0.25) is 0 Å². The summed E-state index contributed by atoms with van der Waals surface area (Å²) in [5.41, 5.74) is 0. The summed E-state index contributed by atoms with van der Waals surface area (Å²) in [5.74, 6) is 0.412. The van der Waals surface area contributed by atoms with Crippen LogP contribution in [-0.2, 0) is 4.79 Å². The molecule has 0 spiro atoms. The van der Waals surface area contributed by atoms with Crippen molar-refractivity contribution in [1.29, 1.82) is 0 Å². The fourth-order valence-electron chi connectivity index (χ4n) is 3.36. The first-order chi connectivity index (χ1) is 9.57. The highest BCUT2D eigenvalue weighted by atomic mass is 16.1. The molecule has 128 valence electrons. The van der Waals surface area contributed by atoms with Crippen molar-refractivity contribution in [2.75, 3.05) is 19.6 Å². The van der Waals surface area contributed by atoms with E-state index in [1.54, 1.807) is 0 Å². The van der Waals surface area contributed by atoms with E-state index in [-0.39, 0.29) is 11.5 Å². The van der Waals surface area contributed by atoms with Crippen LogP contribution in [-0.4, -0.2) is 41.4 Å². The number of hydrogen-bond donors (Lipinski definition) is 0. The van der Waals surface area contributed by atoms with Gasteiger partial charge in [-0.1, -0.05) is 53.4 Å². The van der Waals surface area contributed by atoms with Crippen molar-refractivity contribution in [3.05, 3.63) is 0 Å². The number of hydrogen-bond acceptors (Lipinski definition) is 2. The molecule has 0 radical (unpaired) electrons. The predicted molar refractivity (Wildman–Crippen MR) is 90.9 cm³/mol. The Kier molecular flexibility index (Phi) is 14.4. The molecule has 3 nitrogen and oxygen atoms in total. The van der Waals surface area contributed by atoms with Crippen LogP contribution >= 0.6 is 0 Å². The Bertz CT molecular complexity index is 232. The van der Waals surface area contributed by atoms with Crippen LogP contribution in [0.1, 0.15) is 86.0 Å². The molecule has 0 aromatic heterocycles. The van der Waals surface area contributed by atoms with E-state index >= 15 is 0 Å². The van der Waals surface area contributed by atoms with Gasteiger partial charge in [0.15, 0.2) is 5.78 Å². The number of ketones is 1. The highest BCUT2D eigenvalue weighted by Gasteiger charge is 2.37. The highest BCUT2D eigenvalue weighted by Crippen LogP contribution is 2.24. The lowest BCUT2D eigenvalue weighted by Crippen LogP contribution is -2.59. The van der Waals surface area contributed by atoms with Gasteiger partial charge in [0, 0.05) is 13.3 Å². The lowest BCUT2D eigenvalue weighted by molar-refractivity contribution is -0.943. The third kappa shape index (κ3) is 7.96. The van der Waals surface area contributed by atoms with E-state index in [1.807, 2.05) is 6.92 Å². The minimum atomic E-state index is 0. The number of Topliss-reactive ketones (excluding diaryl/α,β-unsaturated/α-hetero) is 1. The summed E-state index contributed by atoms with van der Waals surface area (Å²) in [7, 11) is 0. The van der Waals surface area contributed by atoms with Crippen molar-refractivity contribution in [2.45, 2.75) is 92.0 Å². The molecule has 0 bridgehead atoms. The average Bonchev–Trinajstić information content (AvgIpc) is 2.44. The van der Waals surface area contributed by atoms with E-state index in [9.17, 15) is 4.79 Å². The molecule has 0 saturated carbocycles. The maximum Gasteiger partial charge on any atom is 0.186 e. The molecule has 0 aliphatic carbocycles. The van der Waals surface area contributed by atoms with E-state index in [0.717, 1.165) is 17.3 Å². The van der Waals surface area contributed by atoms with Gasteiger partial charge in [0.25, 0.3) is 0 Å². The van der Waals surface area contributed by atoms with Crippen molar-refractivity contribution >= 4 is 5.78 Å². The fraction of sp³-hybridized carbons (Fsp3) is 0.944. The van der Waals surface area contributed by atoms with E-state index in [0.29, 0.717) is 5.78 Å². The molecular formula is C18H39NO2. The average molecular weight is 302 g/mol. The van der Waals surface area contributed by atoms with Crippen LogP contribution < -0.4 is 0 Å². The Hall–Kier alpha value is -0.410. The summed E-state index contributed by atoms with van der Waals surface area (Å²) >= 11 is 0. The molecule has 0 aromatic rings. The molecule has 0 heterocycles. The summed E-state index contributed by atoms with van der Waals surface area (Å²) < 4.78 is 1.07. The number of carbonyl (C=O) groups excluding carboxylic acids is 1. The molecule has 0 fully saturated rings. The van der Waals surface area contributed by atoms with E-state index in [4.69, 9.17) is 0 Å². The van der Waals surface area contributed by atoms with Crippen molar-refractivity contribution < 1.29 is 14.8 Å². The Morgan fingerprint density at radius 2 is 1.19 bits per heavy atom. The van der Waals surface area contributed by atoms with E-state index < -0.39 is 0 Å². The first kappa shape index (κ1) is 22.9. The largest absolute Gasteiger partial charge is 0.870 e. The van der Waals surface area contributed by atoms with Crippen LogP contribution in [0.25, 0.3) is 0 Å². The van der Waals surface area contributed by atoms with Gasteiger partial charge >= 0.3 is 0 Å². The lowest BCUT2D eigenvalue weighted by atomic mass is 9.99. The third-order valence-corrected chi connectivity index (χ3v) is 4.56. The molecule has 0 amide bonds. The zero-order valence-electron chi connectivity index (χ0n) is 15.2.